The number of hydrogen-bond acceptors (Lipinski definition) is 7. The third-order valence-electron chi connectivity index (χ3n) is 7.91. The SMILES string of the molecule is Cc1nc2cnc3cc(F)c(-c4ccc(Oc5ncccn5)cc4Cl)cc3c2n1C1CCN(CC2COC2)CC1. The van der Waals surface area contributed by atoms with Crippen LogP contribution in [-0.2, 0) is 4.74 Å². The number of nitrogens with zero attached hydrogens (tertiary/aromatic N) is 6. The van der Waals surface area contributed by atoms with Crippen LogP contribution < -0.4 is 4.74 Å². The van der Waals surface area contributed by atoms with Crippen molar-refractivity contribution in [1.29, 1.82) is 0 Å². The maximum atomic E-state index is 15.5. The molecule has 0 aliphatic carbocycles. The van der Waals surface area contributed by atoms with Gasteiger partial charge in [0.05, 0.1) is 35.5 Å². The lowest BCUT2D eigenvalue weighted by Gasteiger charge is -2.37. The second-order valence-corrected chi connectivity index (χ2v) is 11.0. The molecule has 7 rings (SSSR count). The molecule has 5 aromatic rings. The fraction of sp³-hybridized carbons (Fsp3) is 0.333. The number of piperidine rings is 1. The minimum Gasteiger partial charge on any atom is -0.424 e. The molecule has 204 valence electrons. The van der Waals surface area contributed by atoms with Crippen molar-refractivity contribution in [1.82, 2.24) is 29.4 Å². The number of hydrogen-bond donors (Lipinski definition) is 0. The van der Waals surface area contributed by atoms with E-state index in [2.05, 4.69) is 24.4 Å². The molecule has 0 saturated carbocycles. The smallest absolute Gasteiger partial charge is 0.321 e. The molecule has 2 aromatic carbocycles. The van der Waals surface area contributed by atoms with Gasteiger partial charge in [-0.05, 0) is 44.0 Å². The Morgan fingerprint density at radius 2 is 1.82 bits per heavy atom. The number of imidazole rings is 1. The Morgan fingerprint density at radius 1 is 1.02 bits per heavy atom. The maximum Gasteiger partial charge on any atom is 0.321 e. The molecule has 40 heavy (non-hydrogen) atoms. The molecule has 2 aliphatic heterocycles. The number of benzene rings is 2. The third-order valence-corrected chi connectivity index (χ3v) is 8.22. The van der Waals surface area contributed by atoms with Gasteiger partial charge < -0.3 is 18.9 Å². The number of fused-ring (bicyclic) bond motifs is 3. The Labute approximate surface area is 235 Å². The number of pyridine rings is 1. The van der Waals surface area contributed by atoms with Crippen LogP contribution >= 0.6 is 11.6 Å². The minimum atomic E-state index is -0.391. The Morgan fingerprint density at radius 3 is 2.55 bits per heavy atom. The summed E-state index contributed by atoms with van der Waals surface area (Å²) in [4.78, 5) is 20.1. The van der Waals surface area contributed by atoms with Gasteiger partial charge >= 0.3 is 6.01 Å². The van der Waals surface area contributed by atoms with E-state index in [0.29, 0.717) is 39.4 Å². The summed E-state index contributed by atoms with van der Waals surface area (Å²) in [6.45, 7) is 6.99. The first-order valence-corrected chi connectivity index (χ1v) is 13.9. The first-order valence-electron chi connectivity index (χ1n) is 13.5. The molecule has 0 N–H and O–H groups in total. The van der Waals surface area contributed by atoms with Gasteiger partial charge in [0.2, 0.25) is 0 Å². The van der Waals surface area contributed by atoms with E-state index < -0.39 is 5.82 Å². The molecule has 2 aliphatic rings. The quantitative estimate of drug-likeness (QED) is 0.245. The lowest BCUT2D eigenvalue weighted by atomic mass is 10.00. The number of halogens is 2. The van der Waals surface area contributed by atoms with E-state index in [4.69, 9.17) is 26.1 Å². The molecular weight excluding hydrogens is 531 g/mol. The van der Waals surface area contributed by atoms with Crippen molar-refractivity contribution in [2.75, 3.05) is 32.8 Å². The van der Waals surface area contributed by atoms with Crippen molar-refractivity contribution >= 4 is 33.5 Å². The molecule has 2 saturated heterocycles. The van der Waals surface area contributed by atoms with Crippen LogP contribution in [0.5, 0.6) is 11.8 Å². The zero-order chi connectivity index (χ0) is 27.2. The topological polar surface area (TPSA) is 78.2 Å². The lowest BCUT2D eigenvalue weighted by Crippen LogP contribution is -2.43. The Balaban J connectivity index is 1.24. The molecule has 0 radical (unpaired) electrons. The highest BCUT2D eigenvalue weighted by Crippen LogP contribution is 2.38. The Kier molecular flexibility index (Phi) is 6.57. The molecule has 0 bridgehead atoms. The fourth-order valence-electron chi connectivity index (χ4n) is 5.90. The van der Waals surface area contributed by atoms with Gasteiger partial charge in [0.25, 0.3) is 0 Å². The van der Waals surface area contributed by atoms with Gasteiger partial charge in [-0.3, -0.25) is 4.98 Å². The van der Waals surface area contributed by atoms with Gasteiger partial charge in [0.15, 0.2) is 0 Å². The number of aryl methyl sites for hydroxylation is 1. The van der Waals surface area contributed by atoms with Crippen LogP contribution in [0.15, 0.2) is 55.0 Å². The van der Waals surface area contributed by atoms with Crippen molar-refractivity contribution in [3.63, 3.8) is 0 Å². The van der Waals surface area contributed by atoms with Crippen molar-refractivity contribution in [2.45, 2.75) is 25.8 Å². The highest BCUT2D eigenvalue weighted by Gasteiger charge is 2.28. The Hall–Kier alpha value is -3.66. The summed E-state index contributed by atoms with van der Waals surface area (Å²) in [7, 11) is 0. The first-order chi connectivity index (χ1) is 19.5. The third kappa shape index (κ3) is 4.68. The summed E-state index contributed by atoms with van der Waals surface area (Å²) in [6.07, 6.45) is 7.01. The minimum absolute atomic E-state index is 0.211. The van der Waals surface area contributed by atoms with E-state index in [1.165, 1.54) is 6.07 Å². The van der Waals surface area contributed by atoms with Gasteiger partial charge in [-0.25, -0.2) is 19.3 Å². The molecular formula is C30H28ClFN6O2. The molecule has 10 heteroatoms. The largest absolute Gasteiger partial charge is 0.424 e. The normalized spacial score (nSPS) is 17.0. The van der Waals surface area contributed by atoms with Gasteiger partial charge in [-0.1, -0.05) is 11.6 Å². The predicted octanol–water partition coefficient (Wildman–Crippen LogP) is 6.22. The summed E-state index contributed by atoms with van der Waals surface area (Å²) in [5.41, 5.74) is 3.36. The van der Waals surface area contributed by atoms with Gasteiger partial charge in [0, 0.05) is 72.6 Å². The van der Waals surface area contributed by atoms with E-state index in [9.17, 15) is 0 Å². The molecule has 0 atom stereocenters. The summed E-state index contributed by atoms with van der Waals surface area (Å²) in [5.74, 6) is 1.69. The first kappa shape index (κ1) is 25.3. The number of ether oxygens (including phenoxy) is 2. The van der Waals surface area contributed by atoms with E-state index in [0.717, 1.165) is 67.9 Å². The van der Waals surface area contributed by atoms with Crippen LogP contribution in [0.2, 0.25) is 5.02 Å². The molecule has 5 heterocycles. The Bertz CT molecular complexity index is 1700. The maximum absolute atomic E-state index is 15.5. The summed E-state index contributed by atoms with van der Waals surface area (Å²) >= 11 is 6.66. The van der Waals surface area contributed by atoms with Gasteiger partial charge in [-0.15, -0.1) is 0 Å². The van der Waals surface area contributed by atoms with Gasteiger partial charge in [0.1, 0.15) is 22.9 Å². The number of rotatable bonds is 6. The van der Waals surface area contributed by atoms with Crippen LogP contribution in [0.4, 0.5) is 4.39 Å². The molecule has 2 fully saturated rings. The van der Waals surface area contributed by atoms with Crippen LogP contribution in [0.25, 0.3) is 33.1 Å². The average molecular weight is 559 g/mol. The van der Waals surface area contributed by atoms with Crippen LogP contribution in [-0.4, -0.2) is 62.3 Å². The van der Waals surface area contributed by atoms with Crippen molar-refractivity contribution in [3.8, 4) is 22.9 Å². The van der Waals surface area contributed by atoms with Crippen molar-refractivity contribution < 1.29 is 13.9 Å². The van der Waals surface area contributed by atoms with E-state index in [1.807, 2.05) is 13.0 Å². The highest BCUT2D eigenvalue weighted by atomic mass is 35.5. The van der Waals surface area contributed by atoms with Crippen LogP contribution in [0.1, 0.15) is 24.7 Å². The van der Waals surface area contributed by atoms with E-state index in [-0.39, 0.29) is 6.01 Å². The molecule has 0 spiro atoms. The monoisotopic (exact) mass is 558 g/mol. The van der Waals surface area contributed by atoms with E-state index in [1.54, 1.807) is 42.9 Å². The summed E-state index contributed by atoms with van der Waals surface area (Å²) < 4.78 is 28.9. The molecule has 8 nitrogen and oxygen atoms in total. The zero-order valence-electron chi connectivity index (χ0n) is 22.1. The molecule has 0 unspecified atom stereocenters. The summed E-state index contributed by atoms with van der Waals surface area (Å²) in [6, 6.07) is 10.7. The standard InChI is InChI=1S/C30H28ClFN6O2/c1-18-36-28-14-35-27-13-26(32)23(22-4-3-21(11-25(22)31)40-30-33-7-2-8-34-30)12-24(27)29(28)38(18)20-5-9-37(10-6-20)15-19-16-39-17-19/h2-4,7-8,11-14,19-20H,5-6,9-10,15-17H2,1H3. The van der Waals surface area contributed by atoms with Crippen molar-refractivity contribution in [2.24, 2.45) is 5.92 Å². The van der Waals surface area contributed by atoms with Crippen LogP contribution in [0, 0.1) is 18.7 Å². The van der Waals surface area contributed by atoms with Gasteiger partial charge in [-0.2, -0.15) is 0 Å². The fourth-order valence-corrected chi connectivity index (χ4v) is 6.18. The zero-order valence-corrected chi connectivity index (χ0v) is 22.8. The summed E-state index contributed by atoms with van der Waals surface area (Å²) in [5, 5.41) is 1.22. The molecule has 0 amide bonds. The van der Waals surface area contributed by atoms with E-state index >= 15 is 4.39 Å². The van der Waals surface area contributed by atoms with Crippen LogP contribution in [0.3, 0.4) is 0 Å². The number of likely N-dealkylation sites (tertiary alicyclic amines) is 1. The molecule has 3 aromatic heterocycles. The lowest BCUT2D eigenvalue weighted by molar-refractivity contribution is -0.0494. The second-order valence-electron chi connectivity index (χ2n) is 10.6. The van der Waals surface area contributed by atoms with Crippen molar-refractivity contribution in [3.05, 3.63) is 71.7 Å². The predicted molar refractivity (Wildman–Crippen MR) is 151 cm³/mol. The average Bonchev–Trinajstić information content (AvgIpc) is 3.28. The second kappa shape index (κ2) is 10.4. The highest BCUT2D eigenvalue weighted by molar-refractivity contribution is 6.33. The number of aromatic nitrogens is 5.